The topological polar surface area (TPSA) is 78.9 Å². The molecule has 0 fully saturated rings. The number of unbranched alkanes of at least 4 members (excludes halogenated alkanes) is 30. The molecule has 0 aliphatic carbocycles. The van der Waals surface area contributed by atoms with Crippen molar-refractivity contribution in [2.75, 3.05) is 13.2 Å². The standard InChI is InChI=1S/C63H110O6/c1-4-7-10-13-16-19-22-25-28-31-34-37-40-43-46-49-52-55-61(64)67-58-60(69-63(66)57-54-51-48-45-42-39-36-33-30-27-24-21-18-15-12-9-6-3)59-68-62(65)56-53-50-47-44-41-38-35-32-29-26-23-20-17-14-11-8-5-2/h16,18-19,21,25,27-28,30,34,37,43,46,60H,4-15,17,20,22-24,26,29,31-33,35-36,38-42,44-45,47-59H2,1-3H3/b19-16-,21-18-,28-25-,30-27-,37-34-,46-43-/t60-/m1/s1. The summed E-state index contributed by atoms with van der Waals surface area (Å²) in [5.74, 6) is -0.949. The van der Waals surface area contributed by atoms with E-state index in [2.05, 4.69) is 93.7 Å². The zero-order valence-corrected chi connectivity index (χ0v) is 45.6. The van der Waals surface area contributed by atoms with Crippen LogP contribution < -0.4 is 0 Å². The fourth-order valence-electron chi connectivity index (χ4n) is 8.23. The van der Waals surface area contributed by atoms with Crippen molar-refractivity contribution in [2.24, 2.45) is 0 Å². The number of carbonyl (C=O) groups excluding carboxylic acids is 3. The van der Waals surface area contributed by atoms with Crippen molar-refractivity contribution >= 4 is 17.9 Å². The van der Waals surface area contributed by atoms with Gasteiger partial charge < -0.3 is 14.2 Å². The zero-order chi connectivity index (χ0) is 50.0. The average Bonchev–Trinajstić information content (AvgIpc) is 3.35. The number of hydrogen-bond acceptors (Lipinski definition) is 6. The van der Waals surface area contributed by atoms with Crippen LogP contribution in [-0.4, -0.2) is 37.2 Å². The van der Waals surface area contributed by atoms with Gasteiger partial charge in [-0.15, -0.1) is 0 Å². The first-order valence-electron chi connectivity index (χ1n) is 29.4. The average molecular weight is 964 g/mol. The quantitative estimate of drug-likeness (QED) is 0.0262. The Bertz CT molecular complexity index is 1290. The Morgan fingerprint density at radius 3 is 0.899 bits per heavy atom. The van der Waals surface area contributed by atoms with E-state index in [-0.39, 0.29) is 37.5 Å². The van der Waals surface area contributed by atoms with E-state index in [0.29, 0.717) is 19.3 Å². The molecule has 6 nitrogen and oxygen atoms in total. The van der Waals surface area contributed by atoms with Crippen molar-refractivity contribution in [1.29, 1.82) is 0 Å². The second-order valence-electron chi connectivity index (χ2n) is 19.6. The summed E-state index contributed by atoms with van der Waals surface area (Å²) < 4.78 is 16.8. The van der Waals surface area contributed by atoms with E-state index in [0.717, 1.165) is 77.0 Å². The predicted molar refractivity (Wildman–Crippen MR) is 298 cm³/mol. The van der Waals surface area contributed by atoms with Gasteiger partial charge in [-0.1, -0.05) is 254 Å². The summed E-state index contributed by atoms with van der Waals surface area (Å²) in [6.07, 6.45) is 73.2. The van der Waals surface area contributed by atoms with Gasteiger partial charge >= 0.3 is 17.9 Å². The van der Waals surface area contributed by atoms with E-state index in [1.807, 2.05) is 0 Å². The molecule has 1 atom stereocenters. The molecule has 6 heteroatoms. The normalized spacial score (nSPS) is 12.6. The lowest BCUT2D eigenvalue weighted by Gasteiger charge is -2.18. The number of allylic oxidation sites excluding steroid dienone is 12. The summed E-state index contributed by atoms with van der Waals surface area (Å²) in [6.45, 7) is 6.56. The Balaban J connectivity index is 4.46. The minimum absolute atomic E-state index is 0.0933. The third kappa shape index (κ3) is 55.6. The van der Waals surface area contributed by atoms with Crippen LogP contribution in [0.15, 0.2) is 72.9 Å². The fourth-order valence-corrected chi connectivity index (χ4v) is 8.23. The largest absolute Gasteiger partial charge is 0.462 e. The fraction of sp³-hybridized carbons (Fsp3) is 0.762. The van der Waals surface area contributed by atoms with Crippen LogP contribution in [0.2, 0.25) is 0 Å². The molecule has 0 aromatic rings. The van der Waals surface area contributed by atoms with E-state index in [1.165, 1.54) is 167 Å². The lowest BCUT2D eigenvalue weighted by Crippen LogP contribution is -2.30. The molecule has 69 heavy (non-hydrogen) atoms. The molecule has 0 N–H and O–H groups in total. The Labute approximate surface area is 427 Å². The van der Waals surface area contributed by atoms with Crippen molar-refractivity contribution in [2.45, 2.75) is 297 Å². The second-order valence-corrected chi connectivity index (χ2v) is 19.6. The Kier molecular flexibility index (Phi) is 54.8. The third-order valence-corrected chi connectivity index (χ3v) is 12.7. The highest BCUT2D eigenvalue weighted by Crippen LogP contribution is 2.16. The number of esters is 3. The van der Waals surface area contributed by atoms with Crippen LogP contribution in [0.3, 0.4) is 0 Å². The summed E-state index contributed by atoms with van der Waals surface area (Å²) in [7, 11) is 0. The van der Waals surface area contributed by atoms with Crippen LogP contribution in [-0.2, 0) is 28.6 Å². The molecule has 0 amide bonds. The molecular weight excluding hydrogens is 853 g/mol. The molecule has 0 saturated carbocycles. The monoisotopic (exact) mass is 963 g/mol. The predicted octanol–water partition coefficient (Wildman–Crippen LogP) is 19.8. The maximum atomic E-state index is 12.9. The van der Waals surface area contributed by atoms with Crippen LogP contribution in [0, 0.1) is 0 Å². The maximum Gasteiger partial charge on any atom is 0.306 e. The molecule has 0 rings (SSSR count). The van der Waals surface area contributed by atoms with E-state index in [9.17, 15) is 14.4 Å². The minimum Gasteiger partial charge on any atom is -0.462 e. The number of carbonyl (C=O) groups is 3. The summed E-state index contributed by atoms with van der Waals surface area (Å²) >= 11 is 0. The lowest BCUT2D eigenvalue weighted by molar-refractivity contribution is -0.167. The summed E-state index contributed by atoms with van der Waals surface area (Å²) in [4.78, 5) is 38.2. The van der Waals surface area contributed by atoms with Gasteiger partial charge in [0.05, 0.1) is 0 Å². The molecule has 0 spiro atoms. The van der Waals surface area contributed by atoms with Crippen LogP contribution >= 0.6 is 0 Å². The van der Waals surface area contributed by atoms with Gasteiger partial charge in [0.1, 0.15) is 13.2 Å². The number of ether oxygens (including phenoxy) is 3. The lowest BCUT2D eigenvalue weighted by atomic mass is 10.0. The molecule has 0 radical (unpaired) electrons. The molecule has 0 heterocycles. The highest BCUT2D eigenvalue weighted by Gasteiger charge is 2.19. The molecule has 0 aliphatic heterocycles. The molecule has 0 bridgehead atoms. The Morgan fingerprint density at radius 2 is 0.536 bits per heavy atom. The van der Waals surface area contributed by atoms with E-state index in [1.54, 1.807) is 0 Å². The van der Waals surface area contributed by atoms with Crippen molar-refractivity contribution in [1.82, 2.24) is 0 Å². The van der Waals surface area contributed by atoms with Crippen LogP contribution in [0.5, 0.6) is 0 Å². The van der Waals surface area contributed by atoms with Crippen molar-refractivity contribution in [3.05, 3.63) is 72.9 Å². The summed E-state index contributed by atoms with van der Waals surface area (Å²) in [6, 6.07) is 0. The zero-order valence-electron chi connectivity index (χ0n) is 45.6. The number of hydrogen-bond donors (Lipinski definition) is 0. The van der Waals surface area contributed by atoms with Gasteiger partial charge in [0.2, 0.25) is 0 Å². The Morgan fingerprint density at radius 1 is 0.290 bits per heavy atom. The molecule has 0 saturated heterocycles. The van der Waals surface area contributed by atoms with Gasteiger partial charge in [-0.25, -0.2) is 0 Å². The minimum atomic E-state index is -0.801. The molecule has 0 aromatic heterocycles. The molecular formula is C63H110O6. The van der Waals surface area contributed by atoms with Crippen LogP contribution in [0.4, 0.5) is 0 Å². The third-order valence-electron chi connectivity index (χ3n) is 12.7. The van der Waals surface area contributed by atoms with Crippen molar-refractivity contribution in [3.8, 4) is 0 Å². The van der Waals surface area contributed by atoms with E-state index >= 15 is 0 Å². The SMILES string of the molecule is CCCCC/C=C\C/C=C\C/C=C\C/C=C\CCCC(=O)OC[C@H](COC(=O)CCCCCCCCCCCCCCCCCCC)OC(=O)CCCCCCCCC/C=C\C/C=C\CCCCC. The first-order valence-corrected chi connectivity index (χ1v) is 29.4. The van der Waals surface area contributed by atoms with Crippen LogP contribution in [0.1, 0.15) is 290 Å². The van der Waals surface area contributed by atoms with Crippen molar-refractivity contribution < 1.29 is 28.6 Å². The number of rotatable bonds is 53. The Hall–Kier alpha value is -3.15. The molecule has 0 unspecified atom stereocenters. The molecule has 0 aliphatic rings. The highest BCUT2D eigenvalue weighted by atomic mass is 16.6. The molecule has 398 valence electrons. The smallest absolute Gasteiger partial charge is 0.306 e. The first-order chi connectivity index (χ1) is 34.0. The summed E-state index contributed by atoms with van der Waals surface area (Å²) in [5, 5.41) is 0. The van der Waals surface area contributed by atoms with E-state index in [4.69, 9.17) is 14.2 Å². The van der Waals surface area contributed by atoms with Gasteiger partial charge in [0.15, 0.2) is 6.10 Å². The van der Waals surface area contributed by atoms with Gasteiger partial charge in [0, 0.05) is 19.3 Å². The van der Waals surface area contributed by atoms with Gasteiger partial charge in [-0.05, 0) is 89.9 Å². The van der Waals surface area contributed by atoms with Crippen molar-refractivity contribution in [3.63, 3.8) is 0 Å². The second kappa shape index (κ2) is 57.4. The maximum absolute atomic E-state index is 12.9. The van der Waals surface area contributed by atoms with Gasteiger partial charge in [-0.2, -0.15) is 0 Å². The van der Waals surface area contributed by atoms with Crippen LogP contribution in [0.25, 0.3) is 0 Å². The first kappa shape index (κ1) is 65.8. The molecule has 0 aromatic carbocycles. The van der Waals surface area contributed by atoms with E-state index < -0.39 is 6.10 Å². The van der Waals surface area contributed by atoms with Gasteiger partial charge in [-0.3, -0.25) is 14.4 Å². The van der Waals surface area contributed by atoms with Gasteiger partial charge in [0.25, 0.3) is 0 Å². The highest BCUT2D eigenvalue weighted by molar-refractivity contribution is 5.71. The summed E-state index contributed by atoms with van der Waals surface area (Å²) in [5.41, 5.74) is 0.